The van der Waals surface area contributed by atoms with Crippen LogP contribution in [0, 0.1) is 0 Å². The molecule has 5 aromatic rings. The van der Waals surface area contributed by atoms with Crippen LogP contribution in [-0.4, -0.2) is 28.0 Å². The first-order valence-electron chi connectivity index (χ1n) is 13.2. The third-order valence-corrected chi connectivity index (χ3v) is 7.69. The van der Waals surface area contributed by atoms with Gasteiger partial charge < -0.3 is 21.4 Å². The summed E-state index contributed by atoms with van der Waals surface area (Å²) >= 11 is 12.0. The van der Waals surface area contributed by atoms with Crippen molar-refractivity contribution >= 4 is 40.1 Å². The Bertz CT molecular complexity index is 1530. The lowest BCUT2D eigenvalue weighted by atomic mass is 9.94. The van der Waals surface area contributed by atoms with E-state index in [1.165, 1.54) is 5.69 Å². The van der Waals surface area contributed by atoms with E-state index in [-0.39, 0.29) is 0 Å². The number of fused-ring (bicyclic) bond motifs is 1. The van der Waals surface area contributed by atoms with Gasteiger partial charge in [0.1, 0.15) is 11.5 Å². The third kappa shape index (κ3) is 6.78. The lowest BCUT2D eigenvalue weighted by Crippen LogP contribution is -2.26. The molecule has 0 spiro atoms. The number of nitrogens with one attached hydrogen (secondary N) is 3. The number of piperidine rings is 1. The quantitative estimate of drug-likeness (QED) is 0.177. The minimum absolute atomic E-state index is 0.514. The van der Waals surface area contributed by atoms with Gasteiger partial charge in [0, 0.05) is 51.9 Å². The smallest absolute Gasteiger partial charge is 0.138 e. The predicted molar refractivity (Wildman–Crippen MR) is 162 cm³/mol. The molecule has 0 amide bonds. The van der Waals surface area contributed by atoms with E-state index in [9.17, 15) is 0 Å². The van der Waals surface area contributed by atoms with Gasteiger partial charge in [-0.05, 0) is 73.5 Å². The van der Waals surface area contributed by atoms with Crippen LogP contribution in [0.25, 0.3) is 22.3 Å². The highest BCUT2D eigenvalue weighted by Crippen LogP contribution is 2.32. The number of pyridine rings is 2. The fraction of sp³-hybridized carbons (Fsp3) is 0.226. The highest BCUT2D eigenvalue weighted by molar-refractivity contribution is 6.31. The molecule has 0 atom stereocenters. The van der Waals surface area contributed by atoms with Gasteiger partial charge in [0.25, 0.3) is 0 Å². The Balaban J connectivity index is 0.000000292. The molecule has 5 N–H and O–H groups in total. The van der Waals surface area contributed by atoms with Gasteiger partial charge >= 0.3 is 0 Å². The second-order valence-electron chi connectivity index (χ2n) is 9.52. The van der Waals surface area contributed by atoms with E-state index >= 15 is 0 Å². The fourth-order valence-corrected chi connectivity index (χ4v) is 5.21. The Labute approximate surface area is 239 Å². The van der Waals surface area contributed by atoms with Gasteiger partial charge in [-0.3, -0.25) is 0 Å². The van der Waals surface area contributed by atoms with Crippen molar-refractivity contribution in [1.29, 1.82) is 0 Å². The molecular formula is C31H32Cl2N6. The summed E-state index contributed by atoms with van der Waals surface area (Å²) < 4.78 is 0. The minimum Gasteiger partial charge on any atom is -0.366 e. The summed E-state index contributed by atoms with van der Waals surface area (Å²) in [7, 11) is 0. The van der Waals surface area contributed by atoms with Crippen LogP contribution in [0.2, 0.25) is 10.0 Å². The Morgan fingerprint density at radius 1 is 0.872 bits per heavy atom. The number of aromatic amines is 1. The highest BCUT2D eigenvalue weighted by Gasteiger charge is 2.19. The molecule has 0 aliphatic carbocycles. The number of rotatable bonds is 6. The third-order valence-electron chi connectivity index (χ3n) is 6.95. The fourth-order valence-electron chi connectivity index (χ4n) is 4.80. The van der Waals surface area contributed by atoms with Crippen molar-refractivity contribution in [2.24, 2.45) is 5.73 Å². The SMILES string of the molecule is Clc1ccccc1CNc1cccc(-c2ccnc3[nH]c(C4CCNCC4)cc23)n1.NCc1ccccc1Cl. The average molecular weight is 560 g/mol. The van der Waals surface area contributed by atoms with E-state index in [0.717, 1.165) is 75.2 Å². The zero-order valence-corrected chi connectivity index (χ0v) is 23.1. The largest absolute Gasteiger partial charge is 0.366 e. The van der Waals surface area contributed by atoms with Crippen LogP contribution in [0.1, 0.15) is 35.6 Å². The number of aromatic nitrogens is 3. The second kappa shape index (κ2) is 13.1. The van der Waals surface area contributed by atoms with Crippen LogP contribution in [0.15, 0.2) is 85.1 Å². The number of H-pyrrole nitrogens is 1. The van der Waals surface area contributed by atoms with Gasteiger partial charge in [0.2, 0.25) is 0 Å². The monoisotopic (exact) mass is 558 g/mol. The van der Waals surface area contributed by atoms with Gasteiger partial charge in [-0.15, -0.1) is 0 Å². The first-order chi connectivity index (χ1) is 19.1. The zero-order valence-electron chi connectivity index (χ0n) is 21.6. The van der Waals surface area contributed by atoms with Crippen molar-refractivity contribution in [2.75, 3.05) is 18.4 Å². The molecule has 6 nitrogen and oxygen atoms in total. The molecule has 1 fully saturated rings. The molecule has 6 rings (SSSR count). The number of nitrogens with two attached hydrogens (primary N) is 1. The zero-order chi connectivity index (χ0) is 27.0. The minimum atomic E-state index is 0.514. The van der Waals surface area contributed by atoms with E-state index < -0.39 is 0 Å². The normalized spacial score (nSPS) is 13.6. The molecule has 2 aromatic carbocycles. The highest BCUT2D eigenvalue weighted by atomic mass is 35.5. The molecule has 1 aliphatic heterocycles. The molecule has 4 heterocycles. The molecule has 1 saturated heterocycles. The lowest BCUT2D eigenvalue weighted by molar-refractivity contribution is 0.455. The van der Waals surface area contributed by atoms with Crippen LogP contribution < -0.4 is 16.4 Å². The van der Waals surface area contributed by atoms with E-state index in [1.807, 2.05) is 79.0 Å². The van der Waals surface area contributed by atoms with Gasteiger partial charge in [-0.2, -0.15) is 0 Å². The van der Waals surface area contributed by atoms with Gasteiger partial charge in [-0.1, -0.05) is 65.7 Å². The van der Waals surface area contributed by atoms with Crippen LogP contribution in [-0.2, 0) is 13.1 Å². The van der Waals surface area contributed by atoms with Crippen LogP contribution in [0.4, 0.5) is 5.82 Å². The first-order valence-corrected chi connectivity index (χ1v) is 13.9. The Morgan fingerprint density at radius 3 is 2.28 bits per heavy atom. The lowest BCUT2D eigenvalue weighted by Gasteiger charge is -2.21. The summed E-state index contributed by atoms with van der Waals surface area (Å²) in [5, 5.41) is 9.46. The number of halogens is 2. The van der Waals surface area contributed by atoms with Crippen molar-refractivity contribution in [3.05, 3.63) is 112 Å². The van der Waals surface area contributed by atoms with Crippen molar-refractivity contribution in [3.8, 4) is 11.3 Å². The van der Waals surface area contributed by atoms with Crippen LogP contribution >= 0.6 is 23.2 Å². The molecule has 0 radical (unpaired) electrons. The molecule has 1 aliphatic rings. The molecule has 8 heteroatoms. The summed E-state index contributed by atoms with van der Waals surface area (Å²) in [6.07, 6.45) is 4.16. The van der Waals surface area contributed by atoms with Crippen LogP contribution in [0.3, 0.4) is 0 Å². The Kier molecular flexibility index (Phi) is 9.12. The standard InChI is InChI=1S/C24H24ClN5.C7H8ClN/c25-20-5-2-1-4-17(20)15-28-23-7-3-6-21(29-23)18-10-13-27-24-19(18)14-22(30-24)16-8-11-26-12-9-16;8-7-4-2-1-3-6(7)5-9/h1-7,10,13-14,16,26H,8-9,11-12,15H2,(H,27,30)(H,28,29);1-4H,5,9H2. The molecule has 0 bridgehead atoms. The number of hydrogen-bond acceptors (Lipinski definition) is 5. The molecule has 3 aromatic heterocycles. The summed E-state index contributed by atoms with van der Waals surface area (Å²) in [6, 6.07) is 25.8. The topological polar surface area (TPSA) is 91.6 Å². The van der Waals surface area contributed by atoms with Crippen molar-refractivity contribution in [2.45, 2.75) is 31.8 Å². The number of nitrogens with zero attached hydrogens (tertiary/aromatic N) is 2. The average Bonchev–Trinajstić information content (AvgIpc) is 3.43. The molecular weight excluding hydrogens is 527 g/mol. The maximum absolute atomic E-state index is 6.27. The van der Waals surface area contributed by atoms with Crippen LogP contribution in [0.5, 0.6) is 0 Å². The summed E-state index contributed by atoms with van der Waals surface area (Å²) in [5.74, 6) is 1.39. The molecule has 200 valence electrons. The summed E-state index contributed by atoms with van der Waals surface area (Å²) in [4.78, 5) is 13.0. The van der Waals surface area contributed by atoms with E-state index in [0.29, 0.717) is 19.0 Å². The van der Waals surface area contributed by atoms with Gasteiger partial charge in [-0.25, -0.2) is 9.97 Å². The molecule has 39 heavy (non-hydrogen) atoms. The van der Waals surface area contributed by atoms with E-state index in [2.05, 4.69) is 26.7 Å². The molecule has 0 unspecified atom stereocenters. The van der Waals surface area contributed by atoms with Crippen molar-refractivity contribution in [3.63, 3.8) is 0 Å². The van der Waals surface area contributed by atoms with E-state index in [1.54, 1.807) is 0 Å². The first kappa shape index (κ1) is 27.2. The number of anilines is 1. The second-order valence-corrected chi connectivity index (χ2v) is 10.3. The summed E-state index contributed by atoms with van der Waals surface area (Å²) in [6.45, 7) is 3.29. The van der Waals surface area contributed by atoms with E-state index in [4.69, 9.17) is 33.9 Å². The maximum atomic E-state index is 6.27. The van der Waals surface area contributed by atoms with Gasteiger partial charge in [0.05, 0.1) is 5.69 Å². The maximum Gasteiger partial charge on any atom is 0.138 e. The Morgan fingerprint density at radius 2 is 1.59 bits per heavy atom. The van der Waals surface area contributed by atoms with Gasteiger partial charge in [0.15, 0.2) is 0 Å². The van der Waals surface area contributed by atoms with Crippen molar-refractivity contribution < 1.29 is 0 Å². The molecule has 0 saturated carbocycles. The number of benzene rings is 2. The Hall–Kier alpha value is -3.42. The summed E-state index contributed by atoms with van der Waals surface area (Å²) in [5.41, 5.74) is 11.6. The predicted octanol–water partition coefficient (Wildman–Crippen LogP) is 7.16. The van der Waals surface area contributed by atoms with Crippen molar-refractivity contribution in [1.82, 2.24) is 20.3 Å². The number of hydrogen-bond donors (Lipinski definition) is 4.